The van der Waals surface area contributed by atoms with Gasteiger partial charge in [0.2, 0.25) is 0 Å². The van der Waals surface area contributed by atoms with Crippen LogP contribution < -0.4 is 4.90 Å². The second-order valence-corrected chi connectivity index (χ2v) is 9.00. The maximum absolute atomic E-state index is 15.9. The van der Waals surface area contributed by atoms with Gasteiger partial charge in [-0.05, 0) is 32.1 Å². The van der Waals surface area contributed by atoms with Crippen LogP contribution in [0.3, 0.4) is 0 Å². The molecule has 1 saturated carbocycles. The number of hydrogen-bond donors (Lipinski definition) is 2. The molecule has 4 heterocycles. The van der Waals surface area contributed by atoms with Crippen molar-refractivity contribution >= 4 is 17.3 Å². The monoisotopic (exact) mass is 470 g/mol. The largest absolute Gasteiger partial charge is 0.479 e. The van der Waals surface area contributed by atoms with Gasteiger partial charge in [0.05, 0.1) is 22.9 Å². The van der Waals surface area contributed by atoms with Gasteiger partial charge in [-0.15, -0.1) is 0 Å². The second-order valence-electron chi connectivity index (χ2n) is 9.00. The number of rotatable bonds is 5. The van der Waals surface area contributed by atoms with Gasteiger partial charge in [0.1, 0.15) is 6.04 Å². The van der Waals surface area contributed by atoms with Gasteiger partial charge in [-0.2, -0.15) is 0 Å². The zero-order valence-electron chi connectivity index (χ0n) is 18.3. The van der Waals surface area contributed by atoms with Crippen LogP contribution in [-0.2, 0) is 10.4 Å². The number of carbonyl (C=O) groups is 1. The molecular weight excluding hydrogens is 449 g/mol. The van der Waals surface area contributed by atoms with Gasteiger partial charge >= 0.3 is 5.97 Å². The smallest absolute Gasteiger partial charge is 0.330 e. The number of carboxylic acids is 1. The number of anilines is 1. The summed E-state index contributed by atoms with van der Waals surface area (Å²) in [5.74, 6) is -6.36. The van der Waals surface area contributed by atoms with Crippen LogP contribution in [0.5, 0.6) is 0 Å². The fraction of sp³-hybridized carbons (Fsp3) is 0.292. The summed E-state index contributed by atoms with van der Waals surface area (Å²) in [5.41, 5.74) is -0.964. The lowest BCUT2D eigenvalue weighted by Crippen LogP contribution is -2.43. The van der Waals surface area contributed by atoms with E-state index >= 15 is 4.39 Å². The highest BCUT2D eigenvalue weighted by Gasteiger charge is 2.60. The molecule has 1 fully saturated rings. The highest BCUT2D eigenvalue weighted by molar-refractivity contribution is 5.84. The molecule has 0 bridgehead atoms. The number of aliphatic carboxylic acids is 1. The lowest BCUT2D eigenvalue weighted by atomic mass is 9.94. The van der Waals surface area contributed by atoms with Gasteiger partial charge in [0.25, 0.3) is 5.92 Å². The van der Waals surface area contributed by atoms with E-state index in [4.69, 9.17) is 0 Å². The van der Waals surface area contributed by atoms with Gasteiger partial charge in [-0.1, -0.05) is 12.2 Å². The normalized spacial score (nSPS) is 21.6. The first kappa shape index (κ1) is 22.1. The molecule has 34 heavy (non-hydrogen) atoms. The quantitative estimate of drug-likeness (QED) is 0.583. The van der Waals surface area contributed by atoms with E-state index in [2.05, 4.69) is 9.97 Å². The topological polar surface area (TPSA) is 91.0 Å². The van der Waals surface area contributed by atoms with E-state index in [0.717, 1.165) is 0 Å². The summed E-state index contributed by atoms with van der Waals surface area (Å²) in [6.45, 7) is 2.70. The Labute approximate surface area is 192 Å². The van der Waals surface area contributed by atoms with Crippen LogP contribution in [0, 0.1) is 11.7 Å². The Morgan fingerprint density at radius 2 is 1.91 bits per heavy atom. The van der Waals surface area contributed by atoms with Gasteiger partial charge in [0.15, 0.2) is 11.5 Å². The first-order valence-electron chi connectivity index (χ1n) is 10.6. The van der Waals surface area contributed by atoms with E-state index in [1.54, 1.807) is 30.7 Å². The number of nitrogens with zero attached hydrogens (tertiary/aromatic N) is 4. The molecule has 7 nitrogen and oxygen atoms in total. The van der Waals surface area contributed by atoms with Crippen molar-refractivity contribution in [1.29, 1.82) is 0 Å². The summed E-state index contributed by atoms with van der Waals surface area (Å²) in [5, 5.41) is 20.7. The minimum Gasteiger partial charge on any atom is -0.479 e. The molecule has 2 aliphatic rings. The Bertz CT molecular complexity index is 1360. The molecular formula is C24H21F3N4O3. The summed E-state index contributed by atoms with van der Waals surface area (Å²) in [7, 11) is 0. The standard InChI is InChI=1S/C24H21F3N4O3/c1-23(2,34)19-18(31-16(14-10-24(14,26)27)4-3-5-17(31)22(32)33)12-30-11-15(29-21(30)20(19)25)13-6-8-28-9-7-13/h3-9,11-12,14,17,34H,10H2,1-2H3,(H,32,33). The molecule has 2 N–H and O–H groups in total. The highest BCUT2D eigenvalue weighted by Crippen LogP contribution is 2.55. The zero-order valence-corrected chi connectivity index (χ0v) is 18.3. The van der Waals surface area contributed by atoms with E-state index < -0.39 is 41.7 Å². The fourth-order valence-electron chi connectivity index (χ4n) is 4.39. The SMILES string of the molecule is CC(C)(O)c1c(N2C(C3CC3(F)F)=CC=CC2C(=O)O)cn2cc(-c3ccncc3)nc2c1F. The molecule has 10 heteroatoms. The van der Waals surface area contributed by atoms with Crippen molar-refractivity contribution in [3.05, 3.63) is 72.2 Å². The average molecular weight is 470 g/mol. The molecule has 5 rings (SSSR count). The zero-order chi connectivity index (χ0) is 24.4. The molecule has 0 radical (unpaired) electrons. The molecule has 0 spiro atoms. The highest BCUT2D eigenvalue weighted by atomic mass is 19.3. The van der Waals surface area contributed by atoms with Crippen LogP contribution in [0.15, 0.2) is 60.8 Å². The van der Waals surface area contributed by atoms with Crippen molar-refractivity contribution in [3.63, 3.8) is 0 Å². The third kappa shape index (κ3) is 3.54. The number of allylic oxidation sites excluding steroid dienone is 3. The summed E-state index contributed by atoms with van der Waals surface area (Å²) in [4.78, 5) is 21.6. The van der Waals surface area contributed by atoms with Crippen LogP contribution in [0.25, 0.3) is 16.9 Å². The van der Waals surface area contributed by atoms with Crippen molar-refractivity contribution in [1.82, 2.24) is 14.4 Å². The van der Waals surface area contributed by atoms with Crippen molar-refractivity contribution in [2.24, 2.45) is 5.92 Å². The number of alkyl halides is 2. The fourth-order valence-corrected chi connectivity index (χ4v) is 4.39. The minimum absolute atomic E-state index is 0.0260. The van der Waals surface area contributed by atoms with Gasteiger partial charge in [0, 0.05) is 48.0 Å². The predicted molar refractivity (Wildman–Crippen MR) is 118 cm³/mol. The molecule has 3 aromatic heterocycles. The predicted octanol–water partition coefficient (Wildman–Crippen LogP) is 4.13. The number of aliphatic hydroxyl groups is 1. The first-order chi connectivity index (χ1) is 16.0. The molecule has 176 valence electrons. The summed E-state index contributed by atoms with van der Waals surface area (Å²) in [6.07, 6.45) is 9.83. The van der Waals surface area contributed by atoms with Crippen molar-refractivity contribution in [2.45, 2.75) is 37.8 Å². The van der Waals surface area contributed by atoms with Crippen molar-refractivity contribution in [2.75, 3.05) is 4.90 Å². The van der Waals surface area contributed by atoms with Crippen LogP contribution in [0.4, 0.5) is 18.9 Å². The Hall–Kier alpha value is -3.66. The molecule has 2 atom stereocenters. The molecule has 0 amide bonds. The first-order valence-corrected chi connectivity index (χ1v) is 10.6. The number of halogens is 3. The Morgan fingerprint density at radius 3 is 2.50 bits per heavy atom. The third-order valence-corrected chi connectivity index (χ3v) is 6.07. The van der Waals surface area contributed by atoms with E-state index in [1.165, 1.54) is 47.6 Å². The van der Waals surface area contributed by atoms with E-state index in [-0.39, 0.29) is 22.6 Å². The van der Waals surface area contributed by atoms with Crippen molar-refractivity contribution < 1.29 is 28.2 Å². The van der Waals surface area contributed by atoms with Crippen LogP contribution in [-0.4, -0.2) is 42.5 Å². The maximum Gasteiger partial charge on any atom is 0.330 e. The Balaban J connectivity index is 1.76. The Morgan fingerprint density at radius 1 is 1.24 bits per heavy atom. The number of pyridine rings is 2. The van der Waals surface area contributed by atoms with Gasteiger partial charge in [-0.25, -0.2) is 22.9 Å². The molecule has 3 aromatic rings. The molecule has 0 saturated heterocycles. The molecule has 1 aliphatic heterocycles. The maximum atomic E-state index is 15.9. The summed E-state index contributed by atoms with van der Waals surface area (Å²) < 4.78 is 45.4. The summed E-state index contributed by atoms with van der Waals surface area (Å²) in [6, 6.07) is 2.03. The van der Waals surface area contributed by atoms with Crippen LogP contribution >= 0.6 is 0 Å². The van der Waals surface area contributed by atoms with Crippen LogP contribution in [0.1, 0.15) is 25.8 Å². The number of imidazole rings is 1. The number of aromatic nitrogens is 3. The third-order valence-electron chi connectivity index (χ3n) is 6.07. The second kappa shape index (κ2) is 7.42. The van der Waals surface area contributed by atoms with E-state index in [0.29, 0.717) is 11.3 Å². The van der Waals surface area contributed by atoms with Gasteiger partial charge in [-0.3, -0.25) is 4.98 Å². The lowest BCUT2D eigenvalue weighted by molar-refractivity contribution is -0.137. The number of hydrogen-bond acceptors (Lipinski definition) is 5. The summed E-state index contributed by atoms with van der Waals surface area (Å²) >= 11 is 0. The van der Waals surface area contributed by atoms with Crippen molar-refractivity contribution in [3.8, 4) is 11.3 Å². The molecule has 1 aliphatic carbocycles. The molecule has 2 unspecified atom stereocenters. The van der Waals surface area contributed by atoms with Crippen LogP contribution in [0.2, 0.25) is 0 Å². The number of fused-ring (bicyclic) bond motifs is 1. The van der Waals surface area contributed by atoms with E-state index in [1.807, 2.05) is 0 Å². The van der Waals surface area contributed by atoms with E-state index in [9.17, 15) is 23.8 Å². The minimum atomic E-state index is -2.99. The van der Waals surface area contributed by atoms with Gasteiger partial charge < -0.3 is 19.5 Å². The number of carboxylic acid groups (broad SMARTS) is 1. The lowest BCUT2D eigenvalue weighted by Gasteiger charge is -2.37. The average Bonchev–Trinajstić information content (AvgIpc) is 3.20. The Kier molecular flexibility index (Phi) is 4.84. The molecule has 0 aromatic carbocycles.